The molecule has 4 amide bonds. The Morgan fingerprint density at radius 3 is 2.37 bits per heavy atom. The number of carbonyl (C=O) groups is 3. The van der Waals surface area contributed by atoms with Crippen molar-refractivity contribution in [3.05, 3.63) is 17.7 Å². The normalized spacial score (nSPS) is 19.2. The monoisotopic (exact) mass is 375 g/mol. The van der Waals surface area contributed by atoms with Gasteiger partial charge >= 0.3 is 6.03 Å². The van der Waals surface area contributed by atoms with Crippen LogP contribution < -0.4 is 20.1 Å². The fourth-order valence-corrected chi connectivity index (χ4v) is 3.78. The van der Waals surface area contributed by atoms with Crippen LogP contribution in [0.2, 0.25) is 0 Å². The average molecular weight is 375 g/mol. The average Bonchev–Trinajstić information content (AvgIpc) is 3.21. The molecule has 1 aliphatic carbocycles. The minimum Gasteiger partial charge on any atom is -0.493 e. The third-order valence-corrected chi connectivity index (χ3v) is 5.41. The molecule has 0 bridgehead atoms. The van der Waals surface area contributed by atoms with Gasteiger partial charge in [-0.1, -0.05) is 12.8 Å². The molecular weight excluding hydrogens is 350 g/mol. The number of ether oxygens (including phenoxy) is 2. The summed E-state index contributed by atoms with van der Waals surface area (Å²) in [6.07, 6.45) is 3.03. The molecule has 1 atom stereocenters. The van der Waals surface area contributed by atoms with Crippen molar-refractivity contribution < 1.29 is 23.9 Å². The van der Waals surface area contributed by atoms with E-state index in [1.807, 2.05) is 6.92 Å². The summed E-state index contributed by atoms with van der Waals surface area (Å²) < 4.78 is 10.5. The van der Waals surface area contributed by atoms with Gasteiger partial charge in [0.1, 0.15) is 11.6 Å². The fraction of sp³-hybridized carbons (Fsp3) is 0.526. The Morgan fingerprint density at radius 2 is 1.78 bits per heavy atom. The number of urea groups is 1. The van der Waals surface area contributed by atoms with Crippen molar-refractivity contribution in [1.82, 2.24) is 10.2 Å². The van der Waals surface area contributed by atoms with E-state index in [2.05, 4.69) is 10.6 Å². The highest BCUT2D eigenvalue weighted by Gasteiger charge is 2.54. The Balaban J connectivity index is 1.78. The molecule has 1 heterocycles. The third kappa shape index (κ3) is 3.20. The van der Waals surface area contributed by atoms with Crippen molar-refractivity contribution in [2.45, 2.75) is 51.1 Å². The summed E-state index contributed by atoms with van der Waals surface area (Å²) in [5.74, 6) is 0.282. The van der Waals surface area contributed by atoms with Crippen molar-refractivity contribution in [1.29, 1.82) is 0 Å². The molecule has 2 N–H and O–H groups in total. The van der Waals surface area contributed by atoms with Gasteiger partial charge in [0.25, 0.3) is 5.91 Å². The number of amides is 4. The molecular formula is C19H25N3O5. The number of benzene rings is 1. The minimum absolute atomic E-state index is 0.309. The molecule has 1 aromatic rings. The van der Waals surface area contributed by atoms with Crippen molar-refractivity contribution in [2.24, 2.45) is 0 Å². The smallest absolute Gasteiger partial charge is 0.325 e. The molecule has 1 aliphatic heterocycles. The van der Waals surface area contributed by atoms with Crippen LogP contribution in [0, 0.1) is 6.92 Å². The second-order valence-electron chi connectivity index (χ2n) is 7.08. The molecule has 1 saturated carbocycles. The fourth-order valence-electron chi connectivity index (χ4n) is 3.78. The Kier molecular flexibility index (Phi) is 4.99. The van der Waals surface area contributed by atoms with Gasteiger partial charge in [-0.3, -0.25) is 9.59 Å². The molecule has 1 aromatic carbocycles. The number of anilines is 1. The Morgan fingerprint density at radius 1 is 1.19 bits per heavy atom. The first-order valence-corrected chi connectivity index (χ1v) is 9.02. The summed E-state index contributed by atoms with van der Waals surface area (Å²) >= 11 is 0. The van der Waals surface area contributed by atoms with Gasteiger partial charge in [0.2, 0.25) is 5.91 Å². The predicted octanol–water partition coefficient (Wildman–Crippen LogP) is 2.20. The van der Waals surface area contributed by atoms with Crippen LogP contribution in [-0.4, -0.2) is 48.5 Å². The van der Waals surface area contributed by atoms with Crippen LogP contribution in [0.25, 0.3) is 0 Å². The largest absolute Gasteiger partial charge is 0.493 e. The highest BCUT2D eigenvalue weighted by molar-refractivity contribution is 6.11. The molecule has 27 heavy (non-hydrogen) atoms. The van der Waals surface area contributed by atoms with Crippen LogP contribution in [0.3, 0.4) is 0 Å². The molecule has 0 radical (unpaired) electrons. The number of nitrogens with one attached hydrogen (secondary N) is 2. The van der Waals surface area contributed by atoms with Gasteiger partial charge in [-0.05, 0) is 38.3 Å². The van der Waals surface area contributed by atoms with E-state index < -0.39 is 23.5 Å². The van der Waals surface area contributed by atoms with E-state index in [1.165, 1.54) is 14.2 Å². The molecule has 2 fully saturated rings. The molecule has 1 unspecified atom stereocenters. The van der Waals surface area contributed by atoms with E-state index in [0.717, 1.165) is 23.3 Å². The third-order valence-electron chi connectivity index (χ3n) is 5.41. The number of aryl methyl sites for hydroxylation is 1. The van der Waals surface area contributed by atoms with Gasteiger partial charge in [-0.15, -0.1) is 0 Å². The summed E-state index contributed by atoms with van der Waals surface area (Å²) in [5, 5.41) is 5.58. The standard InChI is InChI=1S/C19H25N3O5/c1-11-9-14(26-3)15(27-4)10-13(11)20-16(23)12(2)22-17(24)19(21-18(22)25)7-5-6-8-19/h9-10,12H,5-8H2,1-4H3,(H,20,23)(H,21,25). The molecule has 1 spiro atoms. The lowest BCUT2D eigenvalue weighted by molar-refractivity contribution is -0.136. The zero-order valence-electron chi connectivity index (χ0n) is 16.0. The zero-order chi connectivity index (χ0) is 19.8. The Labute approximate surface area is 158 Å². The Bertz CT molecular complexity index is 786. The summed E-state index contributed by atoms with van der Waals surface area (Å²) in [6, 6.07) is 1.97. The van der Waals surface area contributed by atoms with Gasteiger partial charge in [0, 0.05) is 11.8 Å². The summed E-state index contributed by atoms with van der Waals surface area (Å²) in [5.41, 5.74) is 0.481. The minimum atomic E-state index is -0.926. The topological polar surface area (TPSA) is 97.0 Å². The Hall–Kier alpha value is -2.77. The van der Waals surface area contributed by atoms with Crippen LogP contribution in [-0.2, 0) is 9.59 Å². The van der Waals surface area contributed by atoms with Gasteiger partial charge in [-0.25, -0.2) is 9.69 Å². The number of imide groups is 1. The van der Waals surface area contributed by atoms with Gasteiger partial charge in [-0.2, -0.15) is 0 Å². The van der Waals surface area contributed by atoms with E-state index >= 15 is 0 Å². The number of methoxy groups -OCH3 is 2. The van der Waals surface area contributed by atoms with E-state index in [-0.39, 0.29) is 5.91 Å². The van der Waals surface area contributed by atoms with Crippen molar-refractivity contribution in [2.75, 3.05) is 19.5 Å². The zero-order valence-corrected chi connectivity index (χ0v) is 16.0. The van der Waals surface area contributed by atoms with Crippen LogP contribution in [0.1, 0.15) is 38.2 Å². The van der Waals surface area contributed by atoms with E-state index in [4.69, 9.17) is 9.47 Å². The molecule has 0 aromatic heterocycles. The second-order valence-corrected chi connectivity index (χ2v) is 7.08. The molecule has 146 valence electrons. The number of rotatable bonds is 5. The number of hydrogen-bond donors (Lipinski definition) is 2. The second kappa shape index (κ2) is 7.09. The number of carbonyl (C=O) groups excluding carboxylic acids is 3. The maximum absolute atomic E-state index is 12.8. The maximum Gasteiger partial charge on any atom is 0.325 e. The lowest BCUT2D eigenvalue weighted by Gasteiger charge is -2.24. The van der Waals surface area contributed by atoms with Crippen LogP contribution in [0.15, 0.2) is 12.1 Å². The maximum atomic E-state index is 12.8. The summed E-state index contributed by atoms with van der Waals surface area (Å²) in [6.45, 7) is 3.38. The predicted molar refractivity (Wildman–Crippen MR) is 99.0 cm³/mol. The van der Waals surface area contributed by atoms with Crippen LogP contribution >= 0.6 is 0 Å². The number of hydrogen-bond acceptors (Lipinski definition) is 5. The van der Waals surface area contributed by atoms with E-state index in [1.54, 1.807) is 19.1 Å². The molecule has 8 nitrogen and oxygen atoms in total. The molecule has 3 rings (SSSR count). The molecule has 2 aliphatic rings. The van der Waals surface area contributed by atoms with Crippen molar-refractivity contribution >= 4 is 23.5 Å². The van der Waals surface area contributed by atoms with E-state index in [9.17, 15) is 14.4 Å². The van der Waals surface area contributed by atoms with Crippen LogP contribution in [0.5, 0.6) is 11.5 Å². The number of nitrogens with zero attached hydrogens (tertiary/aromatic N) is 1. The first kappa shape index (κ1) is 19.0. The van der Waals surface area contributed by atoms with E-state index in [0.29, 0.717) is 30.0 Å². The highest BCUT2D eigenvalue weighted by atomic mass is 16.5. The quantitative estimate of drug-likeness (QED) is 0.769. The highest BCUT2D eigenvalue weighted by Crippen LogP contribution is 2.36. The lowest BCUT2D eigenvalue weighted by atomic mass is 9.97. The first-order valence-electron chi connectivity index (χ1n) is 9.02. The van der Waals surface area contributed by atoms with Gasteiger partial charge in [0.15, 0.2) is 11.5 Å². The van der Waals surface area contributed by atoms with Crippen molar-refractivity contribution in [3.63, 3.8) is 0 Å². The SMILES string of the molecule is COc1cc(C)c(NC(=O)C(C)N2C(=O)NC3(CCCC3)C2=O)cc1OC. The van der Waals surface area contributed by atoms with Crippen LogP contribution in [0.4, 0.5) is 10.5 Å². The lowest BCUT2D eigenvalue weighted by Crippen LogP contribution is -2.48. The van der Waals surface area contributed by atoms with Gasteiger partial charge < -0.3 is 20.1 Å². The summed E-state index contributed by atoms with van der Waals surface area (Å²) in [4.78, 5) is 39.0. The molecule has 8 heteroatoms. The van der Waals surface area contributed by atoms with Gasteiger partial charge in [0.05, 0.1) is 14.2 Å². The summed E-state index contributed by atoms with van der Waals surface area (Å²) in [7, 11) is 3.05. The first-order chi connectivity index (χ1) is 12.8. The van der Waals surface area contributed by atoms with Crippen molar-refractivity contribution in [3.8, 4) is 11.5 Å². The molecule has 1 saturated heterocycles.